The summed E-state index contributed by atoms with van der Waals surface area (Å²) in [5.41, 5.74) is 0.254. The predicted molar refractivity (Wildman–Crippen MR) is 70.6 cm³/mol. The van der Waals surface area contributed by atoms with Gasteiger partial charge in [-0.15, -0.1) is 0 Å². The molecule has 0 aromatic carbocycles. The number of nitrogens with zero attached hydrogens (tertiary/aromatic N) is 2. The van der Waals surface area contributed by atoms with Gasteiger partial charge in [0.15, 0.2) is 0 Å². The molecule has 0 bridgehead atoms. The van der Waals surface area contributed by atoms with Crippen molar-refractivity contribution in [3.63, 3.8) is 0 Å². The molecule has 5 nitrogen and oxygen atoms in total. The number of carboxylic acid groups (broad SMARTS) is 1. The molecule has 0 saturated heterocycles. The normalized spacial score (nSPS) is 11.8. The Morgan fingerprint density at radius 3 is 2.43 bits per heavy atom. The van der Waals surface area contributed by atoms with Crippen LogP contribution in [0.5, 0.6) is 0 Å². The predicted octanol–water partition coefficient (Wildman–Crippen LogP) is 2.26. The number of aromatic carboxylic acids is 1. The van der Waals surface area contributed by atoms with Crippen LogP contribution < -0.4 is 4.90 Å². The van der Waals surface area contributed by atoms with Crippen LogP contribution in [0, 0.1) is 0 Å². The smallest absolute Gasteiger partial charge is 0.405 e. The van der Waals surface area contributed by atoms with E-state index in [0.29, 0.717) is 5.69 Å². The van der Waals surface area contributed by atoms with Gasteiger partial charge in [-0.05, 0) is 18.1 Å². The minimum Gasteiger partial charge on any atom is -0.478 e. The molecule has 0 atom stereocenters. The third-order valence-electron chi connectivity index (χ3n) is 2.73. The van der Waals surface area contributed by atoms with Gasteiger partial charge in [0.05, 0.1) is 12.2 Å². The first kappa shape index (κ1) is 17.2. The fourth-order valence-corrected chi connectivity index (χ4v) is 1.73. The van der Waals surface area contributed by atoms with Crippen LogP contribution in [0.2, 0.25) is 0 Å². The Balaban J connectivity index is 3.25. The van der Waals surface area contributed by atoms with E-state index in [2.05, 4.69) is 4.98 Å². The third kappa shape index (κ3) is 5.22. The first-order valence-corrected chi connectivity index (χ1v) is 6.32. The summed E-state index contributed by atoms with van der Waals surface area (Å²) in [4.78, 5) is 16.0. The molecule has 0 fully saturated rings. The molecular weight excluding hydrogens is 289 g/mol. The number of anilines is 1. The molecule has 0 unspecified atom stereocenters. The molecule has 0 radical (unpaired) electrons. The van der Waals surface area contributed by atoms with Gasteiger partial charge < -0.3 is 15.1 Å². The van der Waals surface area contributed by atoms with Crippen molar-refractivity contribution in [2.24, 2.45) is 0 Å². The molecule has 8 heteroatoms. The lowest BCUT2D eigenvalue weighted by molar-refractivity contribution is -0.120. The minimum atomic E-state index is -4.48. The van der Waals surface area contributed by atoms with Gasteiger partial charge >= 0.3 is 12.1 Å². The summed E-state index contributed by atoms with van der Waals surface area (Å²) in [5, 5.41) is 17.9. The van der Waals surface area contributed by atoms with Gasteiger partial charge in [-0.3, -0.25) is 0 Å². The summed E-state index contributed by atoms with van der Waals surface area (Å²) in [6.45, 7) is 1.44. The Labute approximate surface area is 120 Å². The molecule has 1 aromatic rings. The fourth-order valence-electron chi connectivity index (χ4n) is 1.73. The quantitative estimate of drug-likeness (QED) is 0.843. The zero-order valence-electron chi connectivity index (χ0n) is 11.7. The van der Waals surface area contributed by atoms with Gasteiger partial charge in [0.1, 0.15) is 12.4 Å². The molecule has 21 heavy (non-hydrogen) atoms. The number of carboxylic acids is 1. The number of aromatic nitrogens is 1. The Morgan fingerprint density at radius 2 is 2.00 bits per heavy atom. The van der Waals surface area contributed by atoms with E-state index in [-0.39, 0.29) is 23.8 Å². The van der Waals surface area contributed by atoms with Crippen molar-refractivity contribution in [3.05, 3.63) is 23.4 Å². The van der Waals surface area contributed by atoms with Crippen molar-refractivity contribution < 1.29 is 28.2 Å². The number of carbonyl (C=O) groups is 1. The lowest BCUT2D eigenvalue weighted by atomic mass is 10.1. The van der Waals surface area contributed by atoms with E-state index in [1.165, 1.54) is 6.07 Å². The Kier molecular flexibility index (Phi) is 5.54. The maximum Gasteiger partial charge on any atom is 0.405 e. The molecular formula is C13H17F3N2O3. The maximum atomic E-state index is 12.6. The highest BCUT2D eigenvalue weighted by atomic mass is 19.4. The van der Waals surface area contributed by atoms with Crippen LogP contribution in [-0.2, 0) is 0 Å². The summed E-state index contributed by atoms with van der Waals surface area (Å²) < 4.78 is 37.7. The minimum absolute atomic E-state index is 0.107. The lowest BCUT2D eigenvalue weighted by Gasteiger charge is -2.25. The Bertz CT molecular complexity index is 504. The van der Waals surface area contributed by atoms with Crippen molar-refractivity contribution in [3.8, 4) is 0 Å². The molecule has 0 aliphatic carbocycles. The van der Waals surface area contributed by atoms with Crippen molar-refractivity contribution >= 4 is 11.8 Å². The molecule has 0 amide bonds. The van der Waals surface area contributed by atoms with Gasteiger partial charge in [-0.1, -0.05) is 13.8 Å². The van der Waals surface area contributed by atoms with Gasteiger partial charge in [-0.2, -0.15) is 13.2 Å². The monoisotopic (exact) mass is 306 g/mol. The zero-order valence-corrected chi connectivity index (χ0v) is 11.7. The largest absolute Gasteiger partial charge is 0.478 e. The molecule has 1 aromatic heterocycles. The van der Waals surface area contributed by atoms with Crippen LogP contribution >= 0.6 is 0 Å². The van der Waals surface area contributed by atoms with Crippen LogP contribution in [0.25, 0.3) is 0 Å². The molecule has 0 aliphatic rings. The van der Waals surface area contributed by atoms with E-state index >= 15 is 0 Å². The van der Waals surface area contributed by atoms with Crippen molar-refractivity contribution in [1.82, 2.24) is 4.98 Å². The molecule has 0 spiro atoms. The van der Waals surface area contributed by atoms with Crippen LogP contribution in [0.4, 0.5) is 19.0 Å². The third-order valence-corrected chi connectivity index (χ3v) is 2.73. The lowest BCUT2D eigenvalue weighted by Crippen LogP contribution is -2.37. The number of aliphatic hydroxyl groups excluding tert-OH is 1. The number of hydrogen-bond donors (Lipinski definition) is 2. The van der Waals surface area contributed by atoms with Crippen LogP contribution in [0.3, 0.4) is 0 Å². The first-order chi connectivity index (χ1) is 9.64. The molecule has 1 rings (SSSR count). The summed E-state index contributed by atoms with van der Waals surface area (Å²) in [6, 6.07) is 2.41. The standard InChI is InChI=1S/C13H17F3N2O3/c1-8(2)10-5-9(12(20)21)6-11(17-10)18(3-4-19)7-13(14,15)16/h5-6,8,19H,3-4,7H2,1-2H3,(H,20,21). The molecule has 1 heterocycles. The van der Waals surface area contributed by atoms with Gasteiger partial charge in [-0.25, -0.2) is 9.78 Å². The van der Waals surface area contributed by atoms with Crippen molar-refractivity contribution in [2.45, 2.75) is 25.9 Å². The number of halogens is 3. The summed E-state index contributed by atoms with van der Waals surface area (Å²) in [7, 11) is 0. The highest BCUT2D eigenvalue weighted by Gasteiger charge is 2.31. The van der Waals surface area contributed by atoms with E-state index in [1.54, 1.807) is 13.8 Å². The van der Waals surface area contributed by atoms with E-state index in [4.69, 9.17) is 10.2 Å². The van der Waals surface area contributed by atoms with Crippen LogP contribution in [0.1, 0.15) is 35.8 Å². The SMILES string of the molecule is CC(C)c1cc(C(=O)O)cc(N(CCO)CC(F)(F)F)n1. The maximum absolute atomic E-state index is 12.6. The van der Waals surface area contributed by atoms with Crippen molar-refractivity contribution in [2.75, 3.05) is 24.6 Å². The highest BCUT2D eigenvalue weighted by Crippen LogP contribution is 2.24. The molecule has 2 N–H and O–H groups in total. The number of hydrogen-bond acceptors (Lipinski definition) is 4. The number of pyridine rings is 1. The fraction of sp³-hybridized carbons (Fsp3) is 0.538. The summed E-state index contributed by atoms with van der Waals surface area (Å²) >= 11 is 0. The van der Waals surface area contributed by atoms with E-state index in [9.17, 15) is 18.0 Å². The highest BCUT2D eigenvalue weighted by molar-refractivity contribution is 5.88. The number of alkyl halides is 3. The van der Waals surface area contributed by atoms with Gasteiger partial charge in [0.2, 0.25) is 0 Å². The summed E-state index contributed by atoms with van der Waals surface area (Å²) in [6.07, 6.45) is -4.48. The van der Waals surface area contributed by atoms with Gasteiger partial charge in [0.25, 0.3) is 0 Å². The van der Waals surface area contributed by atoms with Gasteiger partial charge in [0, 0.05) is 12.2 Å². The molecule has 0 aliphatic heterocycles. The first-order valence-electron chi connectivity index (χ1n) is 6.32. The number of rotatable bonds is 6. The van der Waals surface area contributed by atoms with Crippen LogP contribution in [-0.4, -0.2) is 47.0 Å². The van der Waals surface area contributed by atoms with Crippen molar-refractivity contribution in [1.29, 1.82) is 0 Å². The molecule has 118 valence electrons. The zero-order chi connectivity index (χ0) is 16.2. The second-order valence-corrected chi connectivity index (χ2v) is 4.86. The Morgan fingerprint density at radius 1 is 1.38 bits per heavy atom. The second kappa shape index (κ2) is 6.75. The summed E-state index contributed by atoms with van der Waals surface area (Å²) in [5.74, 6) is -1.48. The Hall–Kier alpha value is -1.83. The van der Waals surface area contributed by atoms with E-state index in [0.717, 1.165) is 11.0 Å². The second-order valence-electron chi connectivity index (χ2n) is 4.86. The topological polar surface area (TPSA) is 73.7 Å². The number of aliphatic hydroxyl groups is 1. The molecule has 0 saturated carbocycles. The average Bonchev–Trinajstić information content (AvgIpc) is 2.36. The average molecular weight is 306 g/mol. The van der Waals surface area contributed by atoms with E-state index < -0.39 is 25.3 Å². The van der Waals surface area contributed by atoms with E-state index in [1.807, 2.05) is 0 Å². The van der Waals surface area contributed by atoms with Crippen LogP contribution in [0.15, 0.2) is 12.1 Å².